The molecular weight excluding hydrogens is 210 g/mol. The van der Waals surface area contributed by atoms with Gasteiger partial charge in [-0.1, -0.05) is 12.0 Å². The van der Waals surface area contributed by atoms with Crippen LogP contribution in [0.1, 0.15) is 25.0 Å². The van der Waals surface area contributed by atoms with Crippen LogP contribution in [-0.4, -0.2) is 32.6 Å². The Balaban J connectivity index is 2.63. The second-order valence-corrected chi connectivity index (χ2v) is 3.46. The Kier molecular flexibility index (Phi) is 4.78. The van der Waals surface area contributed by atoms with Crippen molar-refractivity contribution in [1.29, 1.82) is 0 Å². The molecular formula is C9H15N5O2. The molecule has 0 aliphatic heterocycles. The molecule has 0 spiro atoms. The Labute approximate surface area is 93.0 Å². The third kappa shape index (κ3) is 3.23. The van der Waals surface area contributed by atoms with E-state index in [2.05, 4.69) is 15.1 Å². The van der Waals surface area contributed by atoms with Gasteiger partial charge in [0.25, 0.3) is 0 Å². The van der Waals surface area contributed by atoms with Gasteiger partial charge in [-0.3, -0.25) is 4.68 Å². The minimum Gasteiger partial charge on any atom is -0.390 e. The fourth-order valence-electron chi connectivity index (χ4n) is 1.33. The van der Waals surface area contributed by atoms with Crippen LogP contribution in [0.3, 0.4) is 0 Å². The third-order valence-electron chi connectivity index (χ3n) is 2.14. The average molecular weight is 225 g/mol. The first-order valence-corrected chi connectivity index (χ1v) is 5.08. The lowest BCUT2D eigenvalue weighted by Crippen LogP contribution is -2.20. The highest BCUT2D eigenvalue weighted by molar-refractivity contribution is 5.09. The molecule has 0 aliphatic carbocycles. The van der Waals surface area contributed by atoms with Crippen LogP contribution in [0, 0.1) is 0 Å². The van der Waals surface area contributed by atoms with Crippen LogP contribution in [0.25, 0.3) is 10.4 Å². The van der Waals surface area contributed by atoms with Gasteiger partial charge in [-0.15, -0.1) is 0 Å². The lowest BCUT2D eigenvalue weighted by molar-refractivity contribution is 0.0243. The number of rotatable bonds is 6. The van der Waals surface area contributed by atoms with Crippen LogP contribution in [-0.2, 0) is 6.54 Å². The lowest BCUT2D eigenvalue weighted by atomic mass is 10.1. The molecule has 2 unspecified atom stereocenters. The molecule has 7 heteroatoms. The summed E-state index contributed by atoms with van der Waals surface area (Å²) in [5, 5.41) is 26.4. The van der Waals surface area contributed by atoms with Gasteiger partial charge in [0, 0.05) is 23.2 Å². The van der Waals surface area contributed by atoms with E-state index in [-0.39, 0.29) is 6.54 Å². The molecule has 0 bridgehead atoms. The molecule has 7 nitrogen and oxygen atoms in total. The molecule has 0 saturated heterocycles. The molecule has 2 N–H and O–H groups in total. The van der Waals surface area contributed by atoms with Crippen molar-refractivity contribution < 1.29 is 10.2 Å². The average Bonchev–Trinajstić information content (AvgIpc) is 2.74. The molecule has 16 heavy (non-hydrogen) atoms. The molecule has 1 aromatic heterocycles. The summed E-state index contributed by atoms with van der Waals surface area (Å²) in [6.45, 7) is 2.63. The summed E-state index contributed by atoms with van der Waals surface area (Å²) in [4.78, 5) is 2.52. The topological polar surface area (TPSA) is 107 Å². The number of aryl methyl sites for hydroxylation is 1. The van der Waals surface area contributed by atoms with Crippen molar-refractivity contribution in [2.24, 2.45) is 5.11 Å². The summed E-state index contributed by atoms with van der Waals surface area (Å²) in [5.41, 5.74) is 8.61. The number of hydrogen-bond acceptors (Lipinski definition) is 4. The smallest absolute Gasteiger partial charge is 0.108 e. The highest BCUT2D eigenvalue weighted by Gasteiger charge is 2.18. The Bertz CT molecular complexity index is 372. The zero-order valence-corrected chi connectivity index (χ0v) is 9.06. The minimum atomic E-state index is -1.10. The molecule has 1 aromatic rings. The number of aliphatic hydroxyl groups is 2. The largest absolute Gasteiger partial charge is 0.390 e. The van der Waals surface area contributed by atoms with Crippen molar-refractivity contribution in [3.63, 3.8) is 0 Å². The molecule has 1 rings (SSSR count). The van der Waals surface area contributed by atoms with Gasteiger partial charge < -0.3 is 10.2 Å². The van der Waals surface area contributed by atoms with E-state index in [1.807, 2.05) is 6.92 Å². The van der Waals surface area contributed by atoms with Crippen molar-refractivity contribution in [2.75, 3.05) is 6.54 Å². The fraction of sp³-hybridized carbons (Fsp3) is 0.667. The van der Waals surface area contributed by atoms with Gasteiger partial charge in [-0.2, -0.15) is 5.10 Å². The predicted molar refractivity (Wildman–Crippen MR) is 57.5 cm³/mol. The van der Waals surface area contributed by atoms with Crippen molar-refractivity contribution in [3.8, 4) is 0 Å². The monoisotopic (exact) mass is 225 g/mol. The molecule has 0 radical (unpaired) electrons. The summed E-state index contributed by atoms with van der Waals surface area (Å²) < 4.78 is 1.69. The Morgan fingerprint density at radius 2 is 2.38 bits per heavy atom. The van der Waals surface area contributed by atoms with Crippen LogP contribution in [0.5, 0.6) is 0 Å². The predicted octanol–water partition coefficient (Wildman–Crippen LogP) is 0.998. The van der Waals surface area contributed by atoms with Gasteiger partial charge in [-0.25, -0.2) is 0 Å². The van der Waals surface area contributed by atoms with E-state index in [1.165, 1.54) is 6.20 Å². The zero-order chi connectivity index (χ0) is 12.0. The first-order chi connectivity index (χ1) is 7.69. The molecule has 0 amide bonds. The number of hydrogen-bond donors (Lipinski definition) is 2. The Morgan fingerprint density at radius 3 is 3.00 bits per heavy atom. The molecule has 1 heterocycles. The van der Waals surface area contributed by atoms with Crippen molar-refractivity contribution >= 4 is 0 Å². The molecule has 88 valence electrons. The fourth-order valence-corrected chi connectivity index (χ4v) is 1.33. The van der Waals surface area contributed by atoms with Gasteiger partial charge in [0.1, 0.15) is 6.10 Å². The van der Waals surface area contributed by atoms with Crippen molar-refractivity contribution in [1.82, 2.24) is 9.78 Å². The first kappa shape index (κ1) is 12.5. The van der Waals surface area contributed by atoms with E-state index >= 15 is 0 Å². The van der Waals surface area contributed by atoms with E-state index in [9.17, 15) is 10.2 Å². The molecule has 0 fully saturated rings. The van der Waals surface area contributed by atoms with Crippen LogP contribution >= 0.6 is 0 Å². The van der Waals surface area contributed by atoms with Crippen LogP contribution in [0.2, 0.25) is 0 Å². The molecule has 0 aromatic carbocycles. The maximum atomic E-state index is 9.71. The number of aromatic nitrogens is 2. The second-order valence-electron chi connectivity index (χ2n) is 3.46. The first-order valence-electron chi connectivity index (χ1n) is 5.08. The van der Waals surface area contributed by atoms with Gasteiger partial charge in [0.2, 0.25) is 0 Å². The quantitative estimate of drug-likeness (QED) is 0.428. The SMILES string of the molecule is CCCn1cc(C(O)C(O)CN=[N+]=[N-])cn1. The highest BCUT2D eigenvalue weighted by atomic mass is 16.3. The Morgan fingerprint density at radius 1 is 1.62 bits per heavy atom. The zero-order valence-electron chi connectivity index (χ0n) is 9.06. The molecule has 0 aliphatic rings. The summed E-state index contributed by atoms with van der Waals surface area (Å²) in [5.74, 6) is 0. The number of aliphatic hydroxyl groups excluding tert-OH is 2. The number of nitrogens with zero attached hydrogens (tertiary/aromatic N) is 5. The maximum absolute atomic E-state index is 9.71. The van der Waals surface area contributed by atoms with E-state index in [4.69, 9.17) is 5.53 Å². The summed E-state index contributed by atoms with van der Waals surface area (Å²) in [7, 11) is 0. The van der Waals surface area contributed by atoms with E-state index in [0.717, 1.165) is 13.0 Å². The highest BCUT2D eigenvalue weighted by Crippen LogP contribution is 2.16. The van der Waals surface area contributed by atoms with Gasteiger partial charge in [0.15, 0.2) is 0 Å². The molecule has 2 atom stereocenters. The van der Waals surface area contributed by atoms with Crippen LogP contribution in [0.4, 0.5) is 0 Å². The van der Waals surface area contributed by atoms with Crippen molar-refractivity contribution in [2.45, 2.75) is 32.1 Å². The standard InChI is InChI=1S/C9H15N5O2/c1-2-3-14-6-7(4-12-14)9(16)8(15)5-11-13-10/h4,6,8-9,15-16H,2-3,5H2,1H3. The maximum Gasteiger partial charge on any atom is 0.108 e. The summed E-state index contributed by atoms with van der Waals surface area (Å²) in [6.07, 6.45) is 1.94. The normalized spacial score (nSPS) is 14.2. The van der Waals surface area contributed by atoms with Gasteiger partial charge in [-0.05, 0) is 12.0 Å². The third-order valence-corrected chi connectivity index (χ3v) is 2.14. The second kappa shape index (κ2) is 6.12. The molecule has 0 saturated carbocycles. The van der Waals surface area contributed by atoms with Crippen LogP contribution < -0.4 is 0 Å². The summed E-state index contributed by atoms with van der Waals surface area (Å²) in [6, 6.07) is 0. The minimum absolute atomic E-state index is 0.156. The summed E-state index contributed by atoms with van der Waals surface area (Å²) >= 11 is 0. The van der Waals surface area contributed by atoms with Crippen LogP contribution in [0.15, 0.2) is 17.5 Å². The van der Waals surface area contributed by atoms with E-state index in [0.29, 0.717) is 5.56 Å². The van der Waals surface area contributed by atoms with Gasteiger partial charge >= 0.3 is 0 Å². The van der Waals surface area contributed by atoms with Crippen molar-refractivity contribution in [3.05, 3.63) is 28.4 Å². The number of azide groups is 1. The van der Waals surface area contributed by atoms with E-state index < -0.39 is 12.2 Å². The van der Waals surface area contributed by atoms with Gasteiger partial charge in [0.05, 0.1) is 18.8 Å². The van der Waals surface area contributed by atoms with E-state index in [1.54, 1.807) is 10.9 Å². The lowest BCUT2D eigenvalue weighted by Gasteiger charge is -2.13. The Hall–Kier alpha value is -1.56.